The molecular formula is C22H26ClN3O3S. The van der Waals surface area contributed by atoms with Gasteiger partial charge in [-0.25, -0.2) is 8.42 Å². The molecule has 2 fully saturated rings. The Morgan fingerprint density at radius 2 is 1.73 bits per heavy atom. The number of carbonyl (C=O) groups excluding carboxylic acids is 1. The number of benzene rings is 2. The smallest absolute Gasteiger partial charge is 0.243 e. The molecule has 1 unspecified atom stereocenters. The van der Waals surface area contributed by atoms with E-state index in [4.69, 9.17) is 11.6 Å². The van der Waals surface area contributed by atoms with Gasteiger partial charge >= 0.3 is 0 Å². The van der Waals surface area contributed by atoms with E-state index in [0.717, 1.165) is 25.1 Å². The van der Waals surface area contributed by atoms with Gasteiger partial charge in [0.25, 0.3) is 0 Å². The minimum absolute atomic E-state index is 0.144. The summed E-state index contributed by atoms with van der Waals surface area (Å²) < 4.78 is 27.5. The molecule has 4 rings (SSSR count). The van der Waals surface area contributed by atoms with Gasteiger partial charge in [0.1, 0.15) is 0 Å². The summed E-state index contributed by atoms with van der Waals surface area (Å²) in [4.78, 5) is 17.3. The lowest BCUT2D eigenvalue weighted by Crippen LogP contribution is -2.44. The third-order valence-electron chi connectivity index (χ3n) is 5.85. The molecule has 30 heavy (non-hydrogen) atoms. The molecular weight excluding hydrogens is 422 g/mol. The largest absolute Gasteiger partial charge is 0.337 e. The second-order valence-corrected chi connectivity index (χ2v) is 10.2. The van der Waals surface area contributed by atoms with Crippen molar-refractivity contribution in [2.24, 2.45) is 0 Å². The molecule has 0 aliphatic carbocycles. The molecule has 1 atom stereocenters. The number of hydrogen-bond donors (Lipinski definition) is 0. The Morgan fingerprint density at radius 1 is 0.933 bits per heavy atom. The van der Waals surface area contributed by atoms with Crippen LogP contribution < -0.4 is 0 Å². The van der Waals surface area contributed by atoms with Crippen LogP contribution in [0.15, 0.2) is 59.5 Å². The van der Waals surface area contributed by atoms with Gasteiger partial charge in [0, 0.05) is 44.3 Å². The molecule has 2 aliphatic heterocycles. The van der Waals surface area contributed by atoms with E-state index in [-0.39, 0.29) is 16.8 Å². The summed E-state index contributed by atoms with van der Waals surface area (Å²) in [6.45, 7) is 3.45. The van der Waals surface area contributed by atoms with Gasteiger partial charge in [-0.3, -0.25) is 9.69 Å². The summed E-state index contributed by atoms with van der Waals surface area (Å²) in [5, 5.41) is 0.405. The molecule has 0 bridgehead atoms. The number of nitrogens with zero attached hydrogens (tertiary/aromatic N) is 3. The maximum Gasteiger partial charge on any atom is 0.243 e. The molecule has 2 saturated heterocycles. The lowest BCUT2D eigenvalue weighted by atomic mass is 10.2. The first kappa shape index (κ1) is 21.3. The van der Waals surface area contributed by atoms with Crippen molar-refractivity contribution in [3.8, 4) is 0 Å². The first-order chi connectivity index (χ1) is 14.4. The van der Waals surface area contributed by atoms with Crippen LogP contribution in [-0.4, -0.2) is 67.2 Å². The Hall–Kier alpha value is -1.93. The SMILES string of the molecule is O=C1C(N2CCCN(S(=O)(=O)c3cccc(Cl)c3)CC2)CCN1Cc1ccccc1. The predicted octanol–water partition coefficient (Wildman–Crippen LogP) is 2.84. The topological polar surface area (TPSA) is 60.9 Å². The molecule has 0 N–H and O–H groups in total. The fraction of sp³-hybridized carbons (Fsp3) is 0.409. The van der Waals surface area contributed by atoms with Crippen molar-refractivity contribution in [1.29, 1.82) is 0 Å². The van der Waals surface area contributed by atoms with Crippen molar-refractivity contribution < 1.29 is 13.2 Å². The third-order valence-corrected chi connectivity index (χ3v) is 7.98. The van der Waals surface area contributed by atoms with Crippen LogP contribution in [0.4, 0.5) is 0 Å². The van der Waals surface area contributed by atoms with E-state index >= 15 is 0 Å². The molecule has 1 amide bonds. The van der Waals surface area contributed by atoms with E-state index in [1.54, 1.807) is 18.2 Å². The normalized spacial score (nSPS) is 21.7. The average Bonchev–Trinajstić information content (AvgIpc) is 2.94. The van der Waals surface area contributed by atoms with Crippen molar-refractivity contribution in [3.63, 3.8) is 0 Å². The molecule has 160 valence electrons. The fourth-order valence-electron chi connectivity index (χ4n) is 4.26. The van der Waals surface area contributed by atoms with Crippen LogP contribution in [0.25, 0.3) is 0 Å². The minimum atomic E-state index is -3.59. The number of likely N-dealkylation sites (tertiary alicyclic amines) is 1. The average molecular weight is 448 g/mol. The highest BCUT2D eigenvalue weighted by Gasteiger charge is 2.37. The van der Waals surface area contributed by atoms with Gasteiger partial charge in [0.2, 0.25) is 15.9 Å². The summed E-state index contributed by atoms with van der Waals surface area (Å²) in [6, 6.07) is 16.2. The standard InChI is InChI=1S/C22H26ClN3O3S/c23-19-8-4-9-20(16-19)30(28,29)26-12-5-11-24(14-15-26)21-10-13-25(22(21)27)17-18-6-2-1-3-7-18/h1-4,6-9,16,21H,5,10-15,17H2. The van der Waals surface area contributed by atoms with E-state index in [2.05, 4.69) is 4.90 Å². The molecule has 2 heterocycles. The van der Waals surface area contributed by atoms with Crippen LogP contribution in [0.1, 0.15) is 18.4 Å². The van der Waals surface area contributed by atoms with Gasteiger partial charge in [0.15, 0.2) is 0 Å². The first-order valence-corrected chi connectivity index (χ1v) is 12.1. The number of amides is 1. The second-order valence-electron chi connectivity index (χ2n) is 7.80. The highest BCUT2D eigenvalue weighted by molar-refractivity contribution is 7.89. The van der Waals surface area contributed by atoms with Gasteiger partial charge in [-0.05, 0) is 36.6 Å². The Kier molecular flexibility index (Phi) is 6.43. The van der Waals surface area contributed by atoms with Crippen LogP contribution >= 0.6 is 11.6 Å². The van der Waals surface area contributed by atoms with E-state index < -0.39 is 10.0 Å². The lowest BCUT2D eigenvalue weighted by Gasteiger charge is -2.26. The quantitative estimate of drug-likeness (QED) is 0.707. The third kappa shape index (κ3) is 4.54. The highest BCUT2D eigenvalue weighted by atomic mass is 35.5. The van der Waals surface area contributed by atoms with Crippen LogP contribution in [-0.2, 0) is 21.4 Å². The number of rotatable bonds is 5. The van der Waals surface area contributed by atoms with Gasteiger partial charge in [-0.2, -0.15) is 4.31 Å². The van der Waals surface area contributed by atoms with Crippen molar-refractivity contribution in [1.82, 2.24) is 14.1 Å². The lowest BCUT2D eigenvalue weighted by molar-refractivity contribution is -0.132. The minimum Gasteiger partial charge on any atom is -0.337 e. The predicted molar refractivity (Wildman–Crippen MR) is 117 cm³/mol. The van der Waals surface area contributed by atoms with Crippen molar-refractivity contribution in [2.45, 2.75) is 30.3 Å². The Balaban J connectivity index is 1.40. The summed E-state index contributed by atoms with van der Waals surface area (Å²) in [6.07, 6.45) is 1.48. The zero-order chi connectivity index (χ0) is 21.1. The molecule has 0 saturated carbocycles. The Labute approximate surface area is 183 Å². The van der Waals surface area contributed by atoms with Crippen molar-refractivity contribution in [2.75, 3.05) is 32.7 Å². The maximum absolute atomic E-state index is 13.0. The van der Waals surface area contributed by atoms with E-state index in [1.165, 1.54) is 10.4 Å². The summed E-state index contributed by atoms with van der Waals surface area (Å²) >= 11 is 5.99. The zero-order valence-electron chi connectivity index (χ0n) is 16.8. The summed E-state index contributed by atoms with van der Waals surface area (Å²) in [7, 11) is -3.59. The molecule has 6 nitrogen and oxygen atoms in total. The van der Waals surface area contributed by atoms with Gasteiger partial charge in [-0.1, -0.05) is 48.0 Å². The van der Waals surface area contributed by atoms with E-state index in [1.807, 2.05) is 35.2 Å². The number of halogens is 1. The van der Waals surface area contributed by atoms with Gasteiger partial charge < -0.3 is 4.90 Å². The molecule has 2 aromatic rings. The fourth-order valence-corrected chi connectivity index (χ4v) is 6.04. The number of carbonyl (C=O) groups is 1. The van der Waals surface area contributed by atoms with Crippen LogP contribution in [0.5, 0.6) is 0 Å². The molecule has 2 aliphatic rings. The monoisotopic (exact) mass is 447 g/mol. The Bertz CT molecular complexity index is 1000. The number of sulfonamides is 1. The second kappa shape index (κ2) is 9.06. The molecule has 0 spiro atoms. The van der Waals surface area contributed by atoms with Crippen LogP contribution in [0.2, 0.25) is 5.02 Å². The van der Waals surface area contributed by atoms with E-state index in [9.17, 15) is 13.2 Å². The molecule has 0 aromatic heterocycles. The summed E-state index contributed by atoms with van der Waals surface area (Å²) in [5.41, 5.74) is 1.13. The van der Waals surface area contributed by atoms with Gasteiger partial charge in [-0.15, -0.1) is 0 Å². The maximum atomic E-state index is 13.0. The molecule has 8 heteroatoms. The number of hydrogen-bond acceptors (Lipinski definition) is 4. The molecule has 0 radical (unpaired) electrons. The zero-order valence-corrected chi connectivity index (χ0v) is 18.4. The van der Waals surface area contributed by atoms with Gasteiger partial charge in [0.05, 0.1) is 10.9 Å². The molecule has 2 aromatic carbocycles. The van der Waals surface area contributed by atoms with Crippen molar-refractivity contribution >= 4 is 27.5 Å². The van der Waals surface area contributed by atoms with Crippen LogP contribution in [0.3, 0.4) is 0 Å². The van der Waals surface area contributed by atoms with Crippen LogP contribution in [0, 0.1) is 0 Å². The Morgan fingerprint density at radius 3 is 2.50 bits per heavy atom. The van der Waals surface area contributed by atoms with Crippen molar-refractivity contribution in [3.05, 3.63) is 65.2 Å². The highest BCUT2D eigenvalue weighted by Crippen LogP contribution is 2.24. The summed E-state index contributed by atoms with van der Waals surface area (Å²) in [5.74, 6) is 0.144. The van der Waals surface area contributed by atoms with E-state index in [0.29, 0.717) is 37.6 Å². The first-order valence-electron chi connectivity index (χ1n) is 10.3.